The number of carbonyl (C=O) groups is 1. The number of ether oxygens (including phenoxy) is 1. The molecule has 0 aromatic heterocycles. The largest absolute Gasteiger partial charge is 0.389 e. The minimum absolute atomic E-state index is 0.0540. The number of hydrogen-bond acceptors (Lipinski definition) is 4. The zero-order chi connectivity index (χ0) is 15.2. The summed E-state index contributed by atoms with van der Waals surface area (Å²) >= 11 is 5.00. The van der Waals surface area contributed by atoms with Crippen LogP contribution in [0.2, 0.25) is 0 Å². The minimum Gasteiger partial charge on any atom is -0.389 e. The van der Waals surface area contributed by atoms with Crippen molar-refractivity contribution in [3.05, 3.63) is 29.8 Å². The first-order valence-electron chi connectivity index (χ1n) is 7.03. The van der Waals surface area contributed by atoms with Crippen molar-refractivity contribution in [2.75, 3.05) is 32.1 Å². The molecule has 21 heavy (non-hydrogen) atoms. The molecule has 114 valence electrons. The quantitative estimate of drug-likeness (QED) is 0.710. The van der Waals surface area contributed by atoms with Crippen LogP contribution in [0.1, 0.15) is 18.4 Å². The monoisotopic (exact) mass is 307 g/mol. The zero-order valence-electron chi connectivity index (χ0n) is 12.2. The molecule has 0 unspecified atom stereocenters. The SMILES string of the molecule is COCCN(CC(=O)Nc1ccccc1C(N)=S)C1CC1. The van der Waals surface area contributed by atoms with Crippen LogP contribution in [0.4, 0.5) is 5.69 Å². The van der Waals surface area contributed by atoms with E-state index in [4.69, 9.17) is 22.7 Å². The highest BCUT2D eigenvalue weighted by molar-refractivity contribution is 7.80. The third kappa shape index (κ3) is 4.77. The third-order valence-electron chi connectivity index (χ3n) is 3.46. The van der Waals surface area contributed by atoms with Crippen molar-refractivity contribution in [3.8, 4) is 0 Å². The first kappa shape index (κ1) is 15.9. The number of para-hydroxylation sites is 1. The second-order valence-corrected chi connectivity index (χ2v) is 5.59. The van der Waals surface area contributed by atoms with Crippen molar-refractivity contribution in [1.29, 1.82) is 0 Å². The lowest BCUT2D eigenvalue weighted by Crippen LogP contribution is -2.37. The summed E-state index contributed by atoms with van der Waals surface area (Å²) in [5.74, 6) is -0.0540. The number of nitrogens with zero attached hydrogens (tertiary/aromatic N) is 1. The van der Waals surface area contributed by atoms with Crippen molar-refractivity contribution in [1.82, 2.24) is 4.90 Å². The average Bonchev–Trinajstić information content (AvgIpc) is 3.28. The topological polar surface area (TPSA) is 67.6 Å². The van der Waals surface area contributed by atoms with Crippen molar-refractivity contribution < 1.29 is 9.53 Å². The molecule has 0 saturated heterocycles. The normalized spacial score (nSPS) is 14.2. The van der Waals surface area contributed by atoms with Gasteiger partial charge in [0.25, 0.3) is 0 Å². The van der Waals surface area contributed by atoms with Crippen LogP contribution in [0.25, 0.3) is 0 Å². The van der Waals surface area contributed by atoms with Crippen LogP contribution in [0.5, 0.6) is 0 Å². The number of thiocarbonyl (C=S) groups is 1. The highest BCUT2D eigenvalue weighted by Gasteiger charge is 2.30. The van der Waals surface area contributed by atoms with E-state index in [1.165, 1.54) is 0 Å². The molecule has 1 amide bonds. The molecule has 5 nitrogen and oxygen atoms in total. The number of nitrogens with two attached hydrogens (primary N) is 1. The van der Waals surface area contributed by atoms with E-state index in [0.717, 1.165) is 19.4 Å². The van der Waals surface area contributed by atoms with Crippen LogP contribution in [0.3, 0.4) is 0 Å². The smallest absolute Gasteiger partial charge is 0.238 e. The molecule has 1 fully saturated rings. The van der Waals surface area contributed by atoms with Gasteiger partial charge in [0.15, 0.2) is 0 Å². The van der Waals surface area contributed by atoms with Crippen molar-refractivity contribution in [2.45, 2.75) is 18.9 Å². The molecular formula is C15H21N3O2S. The van der Waals surface area contributed by atoms with Crippen molar-refractivity contribution >= 4 is 28.8 Å². The molecule has 1 saturated carbocycles. The van der Waals surface area contributed by atoms with Gasteiger partial charge in [-0.3, -0.25) is 9.69 Å². The van der Waals surface area contributed by atoms with Crippen molar-refractivity contribution in [3.63, 3.8) is 0 Å². The van der Waals surface area contributed by atoms with Gasteiger partial charge in [0.1, 0.15) is 4.99 Å². The third-order valence-corrected chi connectivity index (χ3v) is 3.68. The van der Waals surface area contributed by atoms with Crippen LogP contribution in [-0.4, -0.2) is 48.6 Å². The summed E-state index contributed by atoms with van der Waals surface area (Å²) in [6.07, 6.45) is 2.31. The molecule has 0 bridgehead atoms. The Balaban J connectivity index is 1.96. The Morgan fingerprint density at radius 3 is 2.81 bits per heavy atom. The highest BCUT2D eigenvalue weighted by Crippen LogP contribution is 2.26. The fourth-order valence-electron chi connectivity index (χ4n) is 2.22. The summed E-state index contributed by atoms with van der Waals surface area (Å²) in [4.78, 5) is 14.7. The van der Waals surface area contributed by atoms with Gasteiger partial charge in [-0.25, -0.2) is 0 Å². The lowest BCUT2D eigenvalue weighted by Gasteiger charge is -2.21. The molecule has 0 aliphatic heterocycles. The van der Waals surface area contributed by atoms with Gasteiger partial charge in [0.2, 0.25) is 5.91 Å². The zero-order valence-corrected chi connectivity index (χ0v) is 13.0. The standard InChI is InChI=1S/C15H21N3O2S/c1-20-9-8-18(11-6-7-11)10-14(19)17-13-5-3-2-4-12(13)15(16)21/h2-5,11H,6-10H2,1H3,(H2,16,21)(H,17,19). The lowest BCUT2D eigenvalue weighted by atomic mass is 10.2. The van der Waals surface area contributed by atoms with E-state index in [1.807, 2.05) is 24.3 Å². The maximum atomic E-state index is 12.2. The number of hydrogen-bond donors (Lipinski definition) is 2. The summed E-state index contributed by atoms with van der Waals surface area (Å²) in [6.45, 7) is 1.76. The van der Waals surface area contributed by atoms with E-state index in [0.29, 0.717) is 30.4 Å². The molecule has 1 aromatic rings. The van der Waals surface area contributed by atoms with Gasteiger partial charge in [-0.1, -0.05) is 24.4 Å². The molecule has 0 spiro atoms. The summed E-state index contributed by atoms with van der Waals surface area (Å²) in [5.41, 5.74) is 7.02. The fraction of sp³-hybridized carbons (Fsp3) is 0.467. The molecule has 1 aliphatic carbocycles. The Labute approximate surface area is 130 Å². The Hall–Kier alpha value is -1.50. The van der Waals surface area contributed by atoms with Crippen LogP contribution >= 0.6 is 12.2 Å². The van der Waals surface area contributed by atoms with Crippen LogP contribution < -0.4 is 11.1 Å². The fourth-order valence-corrected chi connectivity index (χ4v) is 2.40. The number of methoxy groups -OCH3 is 1. The number of benzene rings is 1. The molecule has 0 atom stereocenters. The number of amides is 1. The van der Waals surface area contributed by atoms with Crippen LogP contribution in [0.15, 0.2) is 24.3 Å². The molecule has 1 aliphatic rings. The molecule has 6 heteroatoms. The summed E-state index contributed by atoms with van der Waals surface area (Å²) < 4.78 is 5.09. The molecule has 0 heterocycles. The van der Waals surface area contributed by atoms with Gasteiger partial charge < -0.3 is 15.8 Å². The Bertz CT molecular complexity index is 517. The van der Waals surface area contributed by atoms with Crippen molar-refractivity contribution in [2.24, 2.45) is 5.73 Å². The predicted molar refractivity (Wildman–Crippen MR) is 87.4 cm³/mol. The lowest BCUT2D eigenvalue weighted by molar-refractivity contribution is -0.117. The number of rotatable bonds is 8. The minimum atomic E-state index is -0.0540. The van der Waals surface area contributed by atoms with E-state index in [2.05, 4.69) is 10.2 Å². The molecule has 3 N–H and O–H groups in total. The Kier molecular flexibility index (Phi) is 5.67. The predicted octanol–water partition coefficient (Wildman–Crippen LogP) is 1.37. The van der Waals surface area contributed by atoms with E-state index in [-0.39, 0.29) is 10.9 Å². The van der Waals surface area contributed by atoms with E-state index in [1.54, 1.807) is 7.11 Å². The molecular weight excluding hydrogens is 286 g/mol. The molecule has 2 rings (SSSR count). The maximum Gasteiger partial charge on any atom is 0.238 e. The molecule has 0 radical (unpaired) electrons. The first-order valence-corrected chi connectivity index (χ1v) is 7.44. The van der Waals surface area contributed by atoms with Crippen LogP contribution in [-0.2, 0) is 9.53 Å². The second kappa shape index (κ2) is 7.49. The molecule has 1 aromatic carbocycles. The average molecular weight is 307 g/mol. The Morgan fingerprint density at radius 1 is 1.48 bits per heavy atom. The first-order chi connectivity index (χ1) is 10.1. The van der Waals surface area contributed by atoms with E-state index < -0.39 is 0 Å². The summed E-state index contributed by atoms with van der Waals surface area (Å²) in [5, 5.41) is 2.89. The van der Waals surface area contributed by atoms with Gasteiger partial charge in [-0.15, -0.1) is 0 Å². The van der Waals surface area contributed by atoms with E-state index in [9.17, 15) is 4.79 Å². The Morgan fingerprint density at radius 2 is 2.19 bits per heavy atom. The highest BCUT2D eigenvalue weighted by atomic mass is 32.1. The second-order valence-electron chi connectivity index (χ2n) is 5.15. The van der Waals surface area contributed by atoms with Gasteiger partial charge >= 0.3 is 0 Å². The van der Waals surface area contributed by atoms with Gasteiger partial charge in [-0.05, 0) is 25.0 Å². The van der Waals surface area contributed by atoms with Crippen LogP contribution in [0, 0.1) is 0 Å². The summed E-state index contributed by atoms with van der Waals surface area (Å²) in [6, 6.07) is 7.82. The number of carbonyl (C=O) groups excluding carboxylic acids is 1. The van der Waals surface area contributed by atoms with Gasteiger partial charge in [-0.2, -0.15) is 0 Å². The van der Waals surface area contributed by atoms with Gasteiger partial charge in [0.05, 0.1) is 18.8 Å². The number of anilines is 1. The number of nitrogens with one attached hydrogen (secondary N) is 1. The van der Waals surface area contributed by atoms with E-state index >= 15 is 0 Å². The maximum absolute atomic E-state index is 12.2. The van der Waals surface area contributed by atoms with Gasteiger partial charge in [0, 0.05) is 25.3 Å². The summed E-state index contributed by atoms with van der Waals surface area (Å²) in [7, 11) is 1.67.